The highest BCUT2D eigenvalue weighted by Crippen LogP contribution is 2.19. The number of hydrogen-bond donors (Lipinski definition) is 0. The lowest BCUT2D eigenvalue weighted by molar-refractivity contribution is 0.321. The standard InChI is InChI=1S/C7H15OSi/c1-2-5-8-9-6-3-4-7-9/h2-7H2,1H3. The van der Waals surface area contributed by atoms with Gasteiger partial charge in [-0.2, -0.15) is 0 Å². The van der Waals surface area contributed by atoms with E-state index in [9.17, 15) is 0 Å². The molecule has 0 atom stereocenters. The lowest BCUT2D eigenvalue weighted by atomic mass is 10.4. The zero-order chi connectivity index (χ0) is 6.53. The van der Waals surface area contributed by atoms with Crippen molar-refractivity contribution in [1.82, 2.24) is 0 Å². The van der Waals surface area contributed by atoms with E-state index in [1.807, 2.05) is 0 Å². The van der Waals surface area contributed by atoms with Crippen LogP contribution in [0.15, 0.2) is 0 Å². The molecule has 0 N–H and O–H groups in total. The fourth-order valence-electron chi connectivity index (χ4n) is 1.16. The molecule has 53 valence electrons. The van der Waals surface area contributed by atoms with Gasteiger partial charge in [0.15, 0.2) is 0 Å². The molecule has 2 heteroatoms. The second kappa shape index (κ2) is 4.07. The van der Waals surface area contributed by atoms with Crippen LogP contribution in [0.1, 0.15) is 26.2 Å². The Kier molecular flexibility index (Phi) is 3.29. The molecule has 0 aromatic rings. The van der Waals surface area contributed by atoms with Crippen LogP contribution in [0.5, 0.6) is 0 Å². The second-order valence-electron chi connectivity index (χ2n) is 2.59. The van der Waals surface area contributed by atoms with Crippen LogP contribution in [0.3, 0.4) is 0 Å². The van der Waals surface area contributed by atoms with Crippen LogP contribution in [-0.2, 0) is 4.43 Å². The van der Waals surface area contributed by atoms with Crippen molar-refractivity contribution in [2.24, 2.45) is 0 Å². The maximum absolute atomic E-state index is 5.65. The Morgan fingerprint density at radius 2 is 2.00 bits per heavy atom. The molecule has 1 radical (unpaired) electrons. The van der Waals surface area contributed by atoms with Gasteiger partial charge in [-0.15, -0.1) is 0 Å². The van der Waals surface area contributed by atoms with Crippen LogP contribution in [-0.4, -0.2) is 15.6 Å². The quantitative estimate of drug-likeness (QED) is 0.550. The maximum Gasteiger partial charge on any atom is 0.211 e. The summed E-state index contributed by atoms with van der Waals surface area (Å²) in [7, 11) is -0.275. The monoisotopic (exact) mass is 143 g/mol. The minimum Gasteiger partial charge on any atom is -0.417 e. The molecule has 1 aliphatic rings. The Balaban J connectivity index is 1.98. The van der Waals surface area contributed by atoms with Gasteiger partial charge in [-0.25, -0.2) is 0 Å². The summed E-state index contributed by atoms with van der Waals surface area (Å²) in [6.45, 7) is 3.19. The average molecular weight is 143 g/mol. The van der Waals surface area contributed by atoms with E-state index in [0.717, 1.165) is 6.61 Å². The Bertz CT molecular complexity index is 69.3. The first kappa shape index (κ1) is 7.29. The van der Waals surface area contributed by atoms with Gasteiger partial charge in [0.2, 0.25) is 9.04 Å². The minimum absolute atomic E-state index is 0.275. The molecule has 0 aromatic heterocycles. The van der Waals surface area contributed by atoms with Crippen molar-refractivity contribution in [1.29, 1.82) is 0 Å². The van der Waals surface area contributed by atoms with E-state index in [0.29, 0.717) is 0 Å². The minimum atomic E-state index is -0.275. The van der Waals surface area contributed by atoms with Crippen LogP contribution in [0, 0.1) is 0 Å². The summed E-state index contributed by atoms with van der Waals surface area (Å²) in [5.74, 6) is 0. The summed E-state index contributed by atoms with van der Waals surface area (Å²) in [6, 6.07) is 2.81. The van der Waals surface area contributed by atoms with E-state index < -0.39 is 0 Å². The van der Waals surface area contributed by atoms with Crippen LogP contribution < -0.4 is 0 Å². The van der Waals surface area contributed by atoms with E-state index in [-0.39, 0.29) is 9.04 Å². The highest BCUT2D eigenvalue weighted by atomic mass is 28.3. The summed E-state index contributed by atoms with van der Waals surface area (Å²) in [5, 5.41) is 0. The summed E-state index contributed by atoms with van der Waals surface area (Å²) < 4.78 is 5.65. The second-order valence-corrected chi connectivity index (χ2v) is 4.96. The Morgan fingerprint density at radius 3 is 2.56 bits per heavy atom. The molecule has 0 unspecified atom stereocenters. The molecule has 0 saturated carbocycles. The predicted octanol–water partition coefficient (Wildman–Crippen LogP) is 2.20. The van der Waals surface area contributed by atoms with Gasteiger partial charge in [0.25, 0.3) is 0 Å². The number of rotatable bonds is 3. The zero-order valence-electron chi connectivity index (χ0n) is 6.15. The molecule has 0 bridgehead atoms. The summed E-state index contributed by atoms with van der Waals surface area (Å²) in [6.07, 6.45) is 4.05. The predicted molar refractivity (Wildman–Crippen MR) is 40.8 cm³/mol. The summed E-state index contributed by atoms with van der Waals surface area (Å²) in [4.78, 5) is 0. The van der Waals surface area contributed by atoms with Crippen molar-refractivity contribution in [3.63, 3.8) is 0 Å². The van der Waals surface area contributed by atoms with Gasteiger partial charge in [0, 0.05) is 6.61 Å². The molecule has 0 aromatic carbocycles. The Hall–Kier alpha value is 0.177. The molecule has 1 nitrogen and oxygen atoms in total. The Labute approximate surface area is 59.1 Å². The van der Waals surface area contributed by atoms with Crippen LogP contribution in [0.2, 0.25) is 12.1 Å². The van der Waals surface area contributed by atoms with Gasteiger partial charge in [-0.3, -0.25) is 0 Å². The third-order valence-electron chi connectivity index (χ3n) is 1.67. The fourth-order valence-corrected chi connectivity index (χ4v) is 3.48. The van der Waals surface area contributed by atoms with Gasteiger partial charge >= 0.3 is 0 Å². The van der Waals surface area contributed by atoms with Crippen LogP contribution in [0.25, 0.3) is 0 Å². The molecule has 1 heterocycles. The normalized spacial score (nSPS) is 21.0. The first-order chi connectivity index (χ1) is 4.43. The van der Waals surface area contributed by atoms with Crippen LogP contribution in [0.4, 0.5) is 0 Å². The molecular formula is C7H15OSi. The van der Waals surface area contributed by atoms with Crippen molar-refractivity contribution >= 4 is 9.04 Å². The van der Waals surface area contributed by atoms with Crippen molar-refractivity contribution in [2.45, 2.75) is 38.3 Å². The van der Waals surface area contributed by atoms with Gasteiger partial charge in [0.05, 0.1) is 0 Å². The molecule has 9 heavy (non-hydrogen) atoms. The third kappa shape index (κ3) is 2.50. The zero-order valence-corrected chi connectivity index (χ0v) is 7.15. The summed E-state index contributed by atoms with van der Waals surface area (Å²) >= 11 is 0. The van der Waals surface area contributed by atoms with E-state index >= 15 is 0 Å². The molecule has 1 rings (SSSR count). The van der Waals surface area contributed by atoms with E-state index in [2.05, 4.69) is 6.92 Å². The van der Waals surface area contributed by atoms with Crippen molar-refractivity contribution in [3.8, 4) is 0 Å². The molecule has 1 fully saturated rings. The molecule has 0 amide bonds. The van der Waals surface area contributed by atoms with E-state index in [4.69, 9.17) is 4.43 Å². The highest BCUT2D eigenvalue weighted by molar-refractivity contribution is 6.52. The lowest BCUT2D eigenvalue weighted by Gasteiger charge is -2.05. The van der Waals surface area contributed by atoms with Gasteiger partial charge in [-0.05, 0) is 18.5 Å². The first-order valence-corrected chi connectivity index (χ1v) is 5.73. The lowest BCUT2D eigenvalue weighted by Crippen LogP contribution is -2.12. The fraction of sp³-hybridized carbons (Fsp3) is 1.00. The van der Waals surface area contributed by atoms with Crippen molar-refractivity contribution < 1.29 is 4.43 Å². The smallest absolute Gasteiger partial charge is 0.211 e. The van der Waals surface area contributed by atoms with Crippen molar-refractivity contribution in [3.05, 3.63) is 0 Å². The first-order valence-electron chi connectivity index (χ1n) is 3.91. The van der Waals surface area contributed by atoms with Gasteiger partial charge in [-0.1, -0.05) is 19.8 Å². The van der Waals surface area contributed by atoms with Gasteiger partial charge in [0.1, 0.15) is 0 Å². The highest BCUT2D eigenvalue weighted by Gasteiger charge is 2.17. The SMILES string of the molecule is CCCO[Si]1CCCC1. The number of hydrogen-bond acceptors (Lipinski definition) is 1. The van der Waals surface area contributed by atoms with Crippen LogP contribution >= 0.6 is 0 Å². The average Bonchev–Trinajstić information content (AvgIpc) is 2.34. The molecule has 1 saturated heterocycles. The van der Waals surface area contributed by atoms with Crippen molar-refractivity contribution in [2.75, 3.05) is 6.61 Å². The molecular weight excluding hydrogens is 128 g/mol. The largest absolute Gasteiger partial charge is 0.417 e. The van der Waals surface area contributed by atoms with E-state index in [1.165, 1.54) is 31.4 Å². The Morgan fingerprint density at radius 1 is 1.33 bits per heavy atom. The summed E-state index contributed by atoms with van der Waals surface area (Å²) in [5.41, 5.74) is 0. The maximum atomic E-state index is 5.65. The molecule has 0 aliphatic carbocycles. The topological polar surface area (TPSA) is 9.23 Å². The molecule has 0 spiro atoms. The third-order valence-corrected chi connectivity index (χ3v) is 4.11. The van der Waals surface area contributed by atoms with Gasteiger partial charge < -0.3 is 4.43 Å². The molecule has 1 aliphatic heterocycles. The van der Waals surface area contributed by atoms with E-state index in [1.54, 1.807) is 0 Å².